The molecule has 0 atom stereocenters. The summed E-state index contributed by atoms with van der Waals surface area (Å²) in [5, 5.41) is 4.53. The fourth-order valence-corrected chi connectivity index (χ4v) is 2.94. The lowest BCUT2D eigenvalue weighted by Crippen LogP contribution is -2.46. The van der Waals surface area contributed by atoms with Crippen molar-refractivity contribution in [2.24, 2.45) is 4.99 Å². The highest BCUT2D eigenvalue weighted by atomic mass is 32.2. The van der Waals surface area contributed by atoms with Crippen molar-refractivity contribution in [3.63, 3.8) is 0 Å². The van der Waals surface area contributed by atoms with Gasteiger partial charge in [-0.15, -0.1) is 0 Å². The summed E-state index contributed by atoms with van der Waals surface area (Å²) in [6, 6.07) is 3.91. The molecule has 1 aromatic heterocycles. The van der Waals surface area contributed by atoms with E-state index in [2.05, 4.69) is 24.2 Å². The average Bonchev–Trinajstić information content (AvgIpc) is 2.69. The second kappa shape index (κ2) is 4.95. The summed E-state index contributed by atoms with van der Waals surface area (Å²) in [5.41, 5.74) is 0.189. The van der Waals surface area contributed by atoms with Crippen LogP contribution in [0, 0.1) is 0 Å². The summed E-state index contributed by atoms with van der Waals surface area (Å²) in [7, 11) is 0. The van der Waals surface area contributed by atoms with E-state index in [1.165, 1.54) is 6.42 Å². The number of rotatable bonds is 3. The minimum absolute atomic E-state index is 0.189. The van der Waals surface area contributed by atoms with Crippen molar-refractivity contribution >= 4 is 16.9 Å². The number of nitrogens with zero attached hydrogens (tertiary/aromatic N) is 1. The molecule has 0 saturated carbocycles. The minimum atomic E-state index is 0.189. The van der Waals surface area contributed by atoms with Gasteiger partial charge in [-0.1, -0.05) is 11.8 Å². The zero-order valence-corrected chi connectivity index (χ0v) is 10.6. The molecule has 0 radical (unpaired) electrons. The van der Waals surface area contributed by atoms with Gasteiger partial charge in [-0.3, -0.25) is 4.99 Å². The number of furan rings is 1. The van der Waals surface area contributed by atoms with Gasteiger partial charge in [0, 0.05) is 24.3 Å². The molecule has 4 heteroatoms. The Balaban J connectivity index is 1.83. The van der Waals surface area contributed by atoms with Gasteiger partial charge in [0.2, 0.25) is 0 Å². The molecule has 0 amide bonds. The highest BCUT2D eigenvalue weighted by molar-refractivity contribution is 8.13. The first kappa shape index (κ1) is 11.6. The van der Waals surface area contributed by atoms with E-state index in [0.717, 1.165) is 29.6 Å². The summed E-state index contributed by atoms with van der Waals surface area (Å²) in [5.74, 6) is 2.16. The Labute approximate surface area is 101 Å². The van der Waals surface area contributed by atoms with Crippen molar-refractivity contribution in [1.82, 2.24) is 5.32 Å². The highest BCUT2D eigenvalue weighted by Crippen LogP contribution is 2.21. The van der Waals surface area contributed by atoms with Crippen LogP contribution < -0.4 is 5.32 Å². The lowest BCUT2D eigenvalue weighted by molar-refractivity contribution is 0.446. The molecule has 0 bridgehead atoms. The van der Waals surface area contributed by atoms with Crippen molar-refractivity contribution in [2.45, 2.75) is 32.2 Å². The number of aliphatic imine (C=N–C) groups is 1. The predicted octanol–water partition coefficient (Wildman–Crippen LogP) is 2.68. The Morgan fingerprint density at radius 2 is 2.44 bits per heavy atom. The van der Waals surface area contributed by atoms with Gasteiger partial charge in [-0.25, -0.2) is 0 Å². The highest BCUT2D eigenvalue weighted by Gasteiger charge is 2.23. The van der Waals surface area contributed by atoms with Crippen LogP contribution in [0.4, 0.5) is 0 Å². The molecule has 1 saturated heterocycles. The van der Waals surface area contributed by atoms with E-state index in [9.17, 15) is 0 Å². The zero-order valence-electron chi connectivity index (χ0n) is 9.82. The zero-order chi connectivity index (χ0) is 11.4. The van der Waals surface area contributed by atoms with Crippen LogP contribution in [-0.2, 0) is 6.42 Å². The maximum Gasteiger partial charge on any atom is 0.156 e. The number of hydrogen-bond donors (Lipinski definition) is 1. The van der Waals surface area contributed by atoms with Gasteiger partial charge in [0.25, 0.3) is 0 Å². The molecule has 0 unspecified atom stereocenters. The molecule has 2 heterocycles. The first-order valence-corrected chi connectivity index (χ1v) is 6.62. The molecular weight excluding hydrogens is 220 g/mol. The molecular formula is C12H18N2OS. The number of amidine groups is 1. The minimum Gasteiger partial charge on any atom is -0.469 e. The third-order valence-electron chi connectivity index (χ3n) is 2.60. The quantitative estimate of drug-likeness (QED) is 0.879. The van der Waals surface area contributed by atoms with Crippen LogP contribution in [-0.4, -0.2) is 23.0 Å². The van der Waals surface area contributed by atoms with Crippen LogP contribution in [0.3, 0.4) is 0 Å². The van der Waals surface area contributed by atoms with E-state index in [0.29, 0.717) is 0 Å². The van der Waals surface area contributed by atoms with Gasteiger partial charge in [-0.2, -0.15) is 0 Å². The first-order valence-electron chi connectivity index (χ1n) is 5.63. The van der Waals surface area contributed by atoms with Crippen LogP contribution >= 0.6 is 11.8 Å². The fraction of sp³-hybridized carbons (Fsp3) is 0.583. The van der Waals surface area contributed by atoms with E-state index < -0.39 is 0 Å². The largest absolute Gasteiger partial charge is 0.469 e. The summed E-state index contributed by atoms with van der Waals surface area (Å²) in [6.07, 6.45) is 3.77. The SMILES string of the molecule is CC1(C)CCSC(=NCCc2ccco2)N1. The van der Waals surface area contributed by atoms with Crippen LogP contribution in [0.25, 0.3) is 0 Å². The molecule has 16 heavy (non-hydrogen) atoms. The average molecular weight is 238 g/mol. The van der Waals surface area contributed by atoms with Crippen LogP contribution in [0.1, 0.15) is 26.0 Å². The number of hydrogen-bond acceptors (Lipinski definition) is 3. The van der Waals surface area contributed by atoms with Crippen molar-refractivity contribution in [2.75, 3.05) is 12.3 Å². The molecule has 2 rings (SSSR count). The summed E-state index contributed by atoms with van der Waals surface area (Å²) < 4.78 is 5.27. The second-order valence-electron chi connectivity index (χ2n) is 4.62. The number of nitrogens with one attached hydrogen (secondary N) is 1. The molecule has 1 aliphatic rings. The molecule has 0 spiro atoms. The standard InChI is InChI=1S/C12H18N2OS/c1-12(2)6-9-16-11(14-12)13-7-5-10-4-3-8-15-10/h3-4,8H,5-7,9H2,1-2H3,(H,13,14). The predicted molar refractivity (Wildman–Crippen MR) is 69.0 cm³/mol. The van der Waals surface area contributed by atoms with Crippen molar-refractivity contribution < 1.29 is 4.42 Å². The van der Waals surface area contributed by atoms with Gasteiger partial charge in [-0.05, 0) is 32.4 Å². The third kappa shape index (κ3) is 3.30. The van der Waals surface area contributed by atoms with E-state index in [-0.39, 0.29) is 5.54 Å². The maximum atomic E-state index is 5.27. The Bertz CT molecular complexity index is 357. The van der Waals surface area contributed by atoms with E-state index >= 15 is 0 Å². The van der Waals surface area contributed by atoms with Gasteiger partial charge in [0.15, 0.2) is 5.17 Å². The lowest BCUT2D eigenvalue weighted by atomic mass is 10.0. The van der Waals surface area contributed by atoms with Gasteiger partial charge >= 0.3 is 0 Å². The fourth-order valence-electron chi connectivity index (χ4n) is 1.60. The summed E-state index contributed by atoms with van der Waals surface area (Å²) in [4.78, 5) is 4.56. The van der Waals surface area contributed by atoms with Crippen molar-refractivity contribution in [3.05, 3.63) is 24.2 Å². The van der Waals surface area contributed by atoms with Crippen LogP contribution in [0.2, 0.25) is 0 Å². The maximum absolute atomic E-state index is 5.27. The van der Waals surface area contributed by atoms with E-state index in [4.69, 9.17) is 4.42 Å². The topological polar surface area (TPSA) is 37.5 Å². The molecule has 1 fully saturated rings. The van der Waals surface area contributed by atoms with Crippen LogP contribution in [0.5, 0.6) is 0 Å². The third-order valence-corrected chi connectivity index (χ3v) is 3.52. The van der Waals surface area contributed by atoms with Gasteiger partial charge < -0.3 is 9.73 Å². The molecule has 0 aliphatic carbocycles. The second-order valence-corrected chi connectivity index (χ2v) is 5.71. The monoisotopic (exact) mass is 238 g/mol. The van der Waals surface area contributed by atoms with E-state index in [1.54, 1.807) is 6.26 Å². The number of thioether (sulfide) groups is 1. The molecule has 3 nitrogen and oxygen atoms in total. The van der Waals surface area contributed by atoms with Gasteiger partial charge in [0.1, 0.15) is 5.76 Å². The molecule has 88 valence electrons. The first-order chi connectivity index (χ1) is 7.66. The Hall–Kier alpha value is -0.900. The summed E-state index contributed by atoms with van der Waals surface area (Å²) in [6.45, 7) is 5.22. The lowest BCUT2D eigenvalue weighted by Gasteiger charge is -2.32. The molecule has 1 aromatic rings. The van der Waals surface area contributed by atoms with E-state index in [1.807, 2.05) is 23.9 Å². The van der Waals surface area contributed by atoms with Crippen molar-refractivity contribution in [3.8, 4) is 0 Å². The smallest absolute Gasteiger partial charge is 0.156 e. The normalized spacial score (nSPS) is 22.0. The Morgan fingerprint density at radius 1 is 1.56 bits per heavy atom. The molecule has 1 N–H and O–H groups in total. The summed E-state index contributed by atoms with van der Waals surface area (Å²) >= 11 is 1.81. The van der Waals surface area contributed by atoms with Gasteiger partial charge in [0.05, 0.1) is 6.26 Å². The Kier molecular flexibility index (Phi) is 3.59. The Morgan fingerprint density at radius 3 is 3.12 bits per heavy atom. The van der Waals surface area contributed by atoms with Crippen molar-refractivity contribution in [1.29, 1.82) is 0 Å². The van der Waals surface area contributed by atoms with Crippen LogP contribution in [0.15, 0.2) is 27.8 Å². The molecule has 0 aromatic carbocycles. The molecule has 1 aliphatic heterocycles.